The molecule has 9 heavy (non-hydrogen) atoms. The van der Waals surface area contributed by atoms with E-state index in [-0.39, 0.29) is 0 Å². The van der Waals surface area contributed by atoms with Gasteiger partial charge in [0, 0.05) is 16.8 Å². The molecule has 0 nitrogen and oxygen atoms in total. The van der Waals surface area contributed by atoms with Gasteiger partial charge in [-0.05, 0) is 6.42 Å². The van der Waals surface area contributed by atoms with Gasteiger partial charge in [-0.2, -0.15) is 12.6 Å². The van der Waals surface area contributed by atoms with E-state index in [1.807, 2.05) is 0 Å². The molecule has 0 spiro atoms. The SMILES string of the molecule is CCC1CSC(CS)S1. The summed E-state index contributed by atoms with van der Waals surface area (Å²) in [6.45, 7) is 2.26. The third kappa shape index (κ3) is 2.28. The lowest BCUT2D eigenvalue weighted by Crippen LogP contribution is -1.97. The monoisotopic (exact) mass is 180 g/mol. The first kappa shape index (κ1) is 8.15. The maximum atomic E-state index is 4.25. The van der Waals surface area contributed by atoms with Crippen LogP contribution in [0.3, 0.4) is 0 Å². The van der Waals surface area contributed by atoms with Crippen molar-refractivity contribution in [2.75, 3.05) is 11.5 Å². The fourth-order valence-corrected chi connectivity index (χ4v) is 4.44. The Morgan fingerprint density at radius 2 is 2.44 bits per heavy atom. The molecule has 54 valence electrons. The number of hydrogen-bond donors (Lipinski definition) is 1. The van der Waals surface area contributed by atoms with Crippen LogP contribution in [0.5, 0.6) is 0 Å². The van der Waals surface area contributed by atoms with Crippen molar-refractivity contribution in [2.45, 2.75) is 23.2 Å². The lowest BCUT2D eigenvalue weighted by molar-refractivity contribution is 0.925. The molecule has 0 radical (unpaired) electrons. The summed E-state index contributed by atoms with van der Waals surface area (Å²) in [5.41, 5.74) is 0. The van der Waals surface area contributed by atoms with Crippen molar-refractivity contribution in [3.8, 4) is 0 Å². The molecule has 2 atom stereocenters. The van der Waals surface area contributed by atoms with Gasteiger partial charge < -0.3 is 0 Å². The summed E-state index contributed by atoms with van der Waals surface area (Å²) in [5, 5.41) is 0.909. The molecule has 1 rings (SSSR count). The highest BCUT2D eigenvalue weighted by Gasteiger charge is 2.22. The summed E-state index contributed by atoms with van der Waals surface area (Å²) in [4.78, 5) is 0. The van der Waals surface area contributed by atoms with E-state index in [0.29, 0.717) is 0 Å². The highest BCUT2D eigenvalue weighted by molar-refractivity contribution is 8.21. The van der Waals surface area contributed by atoms with Gasteiger partial charge in [-0.3, -0.25) is 0 Å². The number of thioether (sulfide) groups is 2. The van der Waals surface area contributed by atoms with Crippen LogP contribution in [0.25, 0.3) is 0 Å². The van der Waals surface area contributed by atoms with Crippen LogP contribution < -0.4 is 0 Å². The average Bonchev–Trinajstić information content (AvgIpc) is 2.34. The maximum Gasteiger partial charge on any atom is 0.0593 e. The molecule has 0 amide bonds. The predicted molar refractivity (Wildman–Crippen MR) is 51.8 cm³/mol. The second-order valence-electron chi connectivity index (χ2n) is 2.11. The van der Waals surface area contributed by atoms with E-state index < -0.39 is 0 Å². The lowest BCUT2D eigenvalue weighted by atomic mass is 10.4. The third-order valence-electron chi connectivity index (χ3n) is 1.42. The molecule has 0 aliphatic carbocycles. The molecule has 0 aromatic carbocycles. The van der Waals surface area contributed by atoms with Crippen molar-refractivity contribution >= 4 is 36.2 Å². The minimum atomic E-state index is 0.776. The van der Waals surface area contributed by atoms with Gasteiger partial charge in [-0.25, -0.2) is 0 Å². The number of thiol groups is 1. The summed E-state index contributed by atoms with van der Waals surface area (Å²) in [6, 6.07) is 0. The molecule has 1 aliphatic rings. The second kappa shape index (κ2) is 4.04. The zero-order valence-electron chi connectivity index (χ0n) is 5.54. The first-order valence-electron chi connectivity index (χ1n) is 3.24. The van der Waals surface area contributed by atoms with E-state index in [2.05, 4.69) is 43.1 Å². The summed E-state index contributed by atoms with van der Waals surface area (Å²) < 4.78 is 0.776. The molecule has 3 heteroatoms. The number of hydrogen-bond acceptors (Lipinski definition) is 3. The van der Waals surface area contributed by atoms with E-state index in [0.717, 1.165) is 15.6 Å². The van der Waals surface area contributed by atoms with Crippen LogP contribution in [-0.4, -0.2) is 21.3 Å². The van der Waals surface area contributed by atoms with E-state index in [9.17, 15) is 0 Å². The highest BCUT2D eigenvalue weighted by Crippen LogP contribution is 2.39. The van der Waals surface area contributed by atoms with Crippen LogP contribution in [0, 0.1) is 0 Å². The Morgan fingerprint density at radius 3 is 2.78 bits per heavy atom. The standard InChI is InChI=1S/C6H12S3/c1-2-5-4-8-6(3-7)9-5/h5-7H,2-4H2,1H3. The molecule has 1 aliphatic heterocycles. The first-order chi connectivity index (χ1) is 4.36. The smallest absolute Gasteiger partial charge is 0.0593 e. The summed E-state index contributed by atoms with van der Waals surface area (Å²) >= 11 is 8.41. The summed E-state index contributed by atoms with van der Waals surface area (Å²) in [6.07, 6.45) is 1.32. The van der Waals surface area contributed by atoms with Crippen LogP contribution in [0.4, 0.5) is 0 Å². The molecule has 0 aromatic rings. The first-order valence-corrected chi connectivity index (χ1v) is 5.87. The van der Waals surface area contributed by atoms with Crippen molar-refractivity contribution < 1.29 is 0 Å². The van der Waals surface area contributed by atoms with Gasteiger partial charge in [0.05, 0.1) is 4.58 Å². The average molecular weight is 180 g/mol. The Balaban J connectivity index is 2.20. The molecule has 0 N–H and O–H groups in total. The predicted octanol–water partition coefficient (Wildman–Crippen LogP) is 2.50. The van der Waals surface area contributed by atoms with Crippen LogP contribution in [0.2, 0.25) is 0 Å². The van der Waals surface area contributed by atoms with E-state index in [1.165, 1.54) is 12.2 Å². The molecular formula is C6H12S3. The van der Waals surface area contributed by atoms with Gasteiger partial charge in [0.2, 0.25) is 0 Å². The molecule has 0 saturated carbocycles. The van der Waals surface area contributed by atoms with Crippen LogP contribution in [0.15, 0.2) is 0 Å². The molecule has 0 bridgehead atoms. The quantitative estimate of drug-likeness (QED) is 0.648. The van der Waals surface area contributed by atoms with Crippen LogP contribution in [0.1, 0.15) is 13.3 Å². The minimum absolute atomic E-state index is 0.776. The van der Waals surface area contributed by atoms with Crippen LogP contribution in [-0.2, 0) is 0 Å². The Hall–Kier alpha value is 1.05. The van der Waals surface area contributed by atoms with E-state index >= 15 is 0 Å². The molecule has 1 heterocycles. The topological polar surface area (TPSA) is 0 Å². The molecule has 2 unspecified atom stereocenters. The van der Waals surface area contributed by atoms with Crippen molar-refractivity contribution in [1.29, 1.82) is 0 Å². The fraction of sp³-hybridized carbons (Fsp3) is 1.00. The molecule has 1 saturated heterocycles. The Kier molecular flexibility index (Phi) is 3.66. The van der Waals surface area contributed by atoms with Gasteiger partial charge in [-0.15, -0.1) is 23.5 Å². The molecule has 1 fully saturated rings. The lowest BCUT2D eigenvalue weighted by Gasteiger charge is -2.03. The zero-order chi connectivity index (χ0) is 6.69. The summed E-state index contributed by atoms with van der Waals surface area (Å²) in [7, 11) is 0. The van der Waals surface area contributed by atoms with Gasteiger partial charge in [0.25, 0.3) is 0 Å². The molecule has 0 aromatic heterocycles. The van der Waals surface area contributed by atoms with Crippen molar-refractivity contribution in [1.82, 2.24) is 0 Å². The highest BCUT2D eigenvalue weighted by atomic mass is 32.2. The van der Waals surface area contributed by atoms with Gasteiger partial charge >= 0.3 is 0 Å². The van der Waals surface area contributed by atoms with Crippen molar-refractivity contribution in [3.63, 3.8) is 0 Å². The fourth-order valence-electron chi connectivity index (χ4n) is 0.818. The van der Waals surface area contributed by atoms with Crippen molar-refractivity contribution in [3.05, 3.63) is 0 Å². The maximum absolute atomic E-state index is 4.25. The summed E-state index contributed by atoms with van der Waals surface area (Å²) in [5.74, 6) is 2.37. The number of rotatable bonds is 2. The Bertz CT molecular complexity index is 74.4. The normalized spacial score (nSPS) is 35.3. The largest absolute Gasteiger partial charge is 0.177 e. The van der Waals surface area contributed by atoms with Gasteiger partial charge in [0.15, 0.2) is 0 Å². The van der Waals surface area contributed by atoms with Crippen LogP contribution >= 0.6 is 36.2 Å². The second-order valence-corrected chi connectivity index (χ2v) is 5.52. The van der Waals surface area contributed by atoms with E-state index in [1.54, 1.807) is 0 Å². The zero-order valence-corrected chi connectivity index (χ0v) is 8.07. The van der Waals surface area contributed by atoms with Crippen molar-refractivity contribution in [2.24, 2.45) is 0 Å². The Morgan fingerprint density at radius 1 is 1.67 bits per heavy atom. The van der Waals surface area contributed by atoms with Gasteiger partial charge in [0.1, 0.15) is 0 Å². The third-order valence-corrected chi connectivity index (χ3v) is 5.72. The minimum Gasteiger partial charge on any atom is -0.177 e. The van der Waals surface area contributed by atoms with E-state index in [4.69, 9.17) is 0 Å². The van der Waals surface area contributed by atoms with Gasteiger partial charge in [-0.1, -0.05) is 6.92 Å². The molecular weight excluding hydrogens is 168 g/mol. The Labute approximate surface area is 71.0 Å².